The van der Waals surface area contributed by atoms with E-state index >= 15 is 0 Å². The molecule has 28 heavy (non-hydrogen) atoms. The highest BCUT2D eigenvalue weighted by atomic mass is 32.2. The molecule has 1 aromatic rings. The number of amides is 1. The Kier molecular flexibility index (Phi) is 4.96. The molecule has 5 nitrogen and oxygen atoms in total. The third-order valence-corrected chi connectivity index (χ3v) is 8.92. The standard InChI is InChI=1S/C22H33N3O2S/c1-13-5-3-4-6-18(13)23-19(26)14(2)28-21-25-24-20(27-21)22-10-15-7-16(11-22)9-17(8-15)12-22/h13-18H,3-12H2,1-2H3,(H,23,26)/t13-,14+,15?,16?,17?,18+,22?/m0/s1. The predicted molar refractivity (Wildman–Crippen MR) is 109 cm³/mol. The highest BCUT2D eigenvalue weighted by Gasteiger charge is 2.54. The third kappa shape index (κ3) is 3.50. The first-order valence-corrected chi connectivity index (χ1v) is 12.2. The lowest BCUT2D eigenvalue weighted by Crippen LogP contribution is -2.48. The van der Waals surface area contributed by atoms with Crippen molar-refractivity contribution in [1.29, 1.82) is 0 Å². The van der Waals surface area contributed by atoms with Gasteiger partial charge in [0.2, 0.25) is 11.8 Å². The fourth-order valence-electron chi connectivity index (χ4n) is 6.88. The quantitative estimate of drug-likeness (QED) is 0.721. The van der Waals surface area contributed by atoms with Crippen molar-refractivity contribution in [3.05, 3.63) is 5.89 Å². The van der Waals surface area contributed by atoms with E-state index in [2.05, 4.69) is 22.4 Å². The minimum absolute atomic E-state index is 0.0957. The fourth-order valence-corrected chi connectivity index (χ4v) is 7.57. The average Bonchev–Trinajstić information content (AvgIpc) is 3.12. The number of thioether (sulfide) groups is 1. The van der Waals surface area contributed by atoms with Gasteiger partial charge >= 0.3 is 0 Å². The van der Waals surface area contributed by atoms with E-state index in [1.54, 1.807) is 0 Å². The topological polar surface area (TPSA) is 68.0 Å². The van der Waals surface area contributed by atoms with E-state index in [0.29, 0.717) is 17.2 Å². The number of nitrogens with one attached hydrogen (secondary N) is 1. The van der Waals surface area contributed by atoms with Crippen molar-refractivity contribution in [2.75, 3.05) is 0 Å². The first-order chi connectivity index (χ1) is 13.5. The maximum absolute atomic E-state index is 12.7. The van der Waals surface area contributed by atoms with Crippen LogP contribution < -0.4 is 5.32 Å². The molecule has 6 rings (SSSR count). The molecule has 5 aliphatic carbocycles. The molecule has 0 spiro atoms. The Morgan fingerprint density at radius 3 is 2.39 bits per heavy atom. The second-order valence-corrected chi connectivity index (χ2v) is 11.5. The van der Waals surface area contributed by atoms with Gasteiger partial charge in [0.25, 0.3) is 5.22 Å². The lowest BCUT2D eigenvalue weighted by atomic mass is 9.49. The molecule has 0 radical (unpaired) electrons. The number of rotatable bonds is 5. The molecule has 6 heteroatoms. The van der Waals surface area contributed by atoms with Crippen molar-refractivity contribution in [1.82, 2.24) is 15.5 Å². The van der Waals surface area contributed by atoms with E-state index in [1.807, 2.05) is 6.92 Å². The minimum atomic E-state index is -0.209. The van der Waals surface area contributed by atoms with Crippen LogP contribution in [0.25, 0.3) is 0 Å². The second-order valence-electron chi connectivity index (χ2n) is 10.2. The molecule has 0 saturated heterocycles. The Morgan fingerprint density at radius 2 is 1.75 bits per heavy atom. The maximum atomic E-state index is 12.7. The van der Waals surface area contributed by atoms with Crippen LogP contribution in [0, 0.1) is 23.7 Å². The minimum Gasteiger partial charge on any atom is -0.415 e. The molecule has 0 unspecified atom stereocenters. The molecular formula is C22H33N3O2S. The summed E-state index contributed by atoms with van der Waals surface area (Å²) in [6.07, 6.45) is 12.7. The van der Waals surface area contributed by atoms with Gasteiger partial charge in [-0.15, -0.1) is 10.2 Å². The summed E-state index contributed by atoms with van der Waals surface area (Å²) in [5.41, 5.74) is 0.129. The van der Waals surface area contributed by atoms with Crippen molar-refractivity contribution in [2.24, 2.45) is 23.7 Å². The SMILES string of the molecule is C[C@@H](Sc1nnc(C23CC4CC(CC(C4)C2)C3)o1)C(=O)N[C@@H]1CCCC[C@@H]1C. The number of hydrogen-bond donors (Lipinski definition) is 1. The van der Waals surface area contributed by atoms with Crippen LogP contribution in [0.4, 0.5) is 0 Å². The highest BCUT2D eigenvalue weighted by molar-refractivity contribution is 8.00. The van der Waals surface area contributed by atoms with Crippen molar-refractivity contribution in [3.8, 4) is 0 Å². The van der Waals surface area contributed by atoms with Crippen LogP contribution >= 0.6 is 11.8 Å². The van der Waals surface area contributed by atoms with E-state index < -0.39 is 0 Å². The van der Waals surface area contributed by atoms with Crippen molar-refractivity contribution >= 4 is 17.7 Å². The number of hydrogen-bond acceptors (Lipinski definition) is 5. The molecular weight excluding hydrogens is 370 g/mol. The highest BCUT2D eigenvalue weighted by Crippen LogP contribution is 2.60. The maximum Gasteiger partial charge on any atom is 0.277 e. The Morgan fingerprint density at radius 1 is 1.11 bits per heavy atom. The van der Waals surface area contributed by atoms with E-state index in [9.17, 15) is 4.79 Å². The average molecular weight is 404 g/mol. The summed E-state index contributed by atoms with van der Waals surface area (Å²) in [7, 11) is 0. The van der Waals surface area contributed by atoms with Crippen molar-refractivity contribution in [3.63, 3.8) is 0 Å². The molecule has 1 aromatic heterocycles. The van der Waals surface area contributed by atoms with Crippen molar-refractivity contribution in [2.45, 2.75) is 100.0 Å². The van der Waals surface area contributed by atoms with Crippen LogP contribution in [0.2, 0.25) is 0 Å². The van der Waals surface area contributed by atoms with Gasteiger partial charge in [-0.25, -0.2) is 0 Å². The van der Waals surface area contributed by atoms with Gasteiger partial charge in [-0.3, -0.25) is 4.79 Å². The molecule has 154 valence electrons. The van der Waals surface area contributed by atoms with Gasteiger partial charge in [0, 0.05) is 11.5 Å². The first-order valence-electron chi connectivity index (χ1n) is 11.3. The summed E-state index contributed by atoms with van der Waals surface area (Å²) in [5.74, 6) is 4.09. The van der Waals surface area contributed by atoms with Crippen LogP contribution in [0.15, 0.2) is 9.64 Å². The number of aromatic nitrogens is 2. The van der Waals surface area contributed by atoms with E-state index in [-0.39, 0.29) is 16.6 Å². The Hall–Kier alpha value is -1.04. The monoisotopic (exact) mass is 403 g/mol. The zero-order chi connectivity index (χ0) is 19.3. The van der Waals surface area contributed by atoms with Crippen molar-refractivity contribution < 1.29 is 9.21 Å². The van der Waals surface area contributed by atoms with Crippen LogP contribution in [-0.2, 0) is 10.2 Å². The molecule has 0 aliphatic heterocycles. The summed E-state index contributed by atoms with van der Waals surface area (Å²) < 4.78 is 6.16. The second kappa shape index (κ2) is 7.33. The number of carbonyl (C=O) groups excluding carboxylic acids is 1. The predicted octanol–water partition coefficient (Wildman–Crippen LogP) is 4.71. The van der Waals surface area contributed by atoms with Crippen LogP contribution in [0.3, 0.4) is 0 Å². The Labute approximate surface area is 172 Å². The molecule has 5 aliphatic rings. The van der Waals surface area contributed by atoms with Gasteiger partial charge in [0.05, 0.1) is 5.25 Å². The van der Waals surface area contributed by atoms with E-state index in [0.717, 1.165) is 30.1 Å². The summed E-state index contributed by atoms with van der Waals surface area (Å²) >= 11 is 1.41. The zero-order valence-corrected chi connectivity index (χ0v) is 18.0. The summed E-state index contributed by atoms with van der Waals surface area (Å²) in [5, 5.41) is 12.4. The van der Waals surface area contributed by atoms with Gasteiger partial charge < -0.3 is 9.73 Å². The van der Waals surface area contributed by atoms with Crippen LogP contribution in [-0.4, -0.2) is 27.4 Å². The van der Waals surface area contributed by atoms with Gasteiger partial charge in [-0.2, -0.15) is 0 Å². The molecule has 1 amide bonds. The van der Waals surface area contributed by atoms with E-state index in [4.69, 9.17) is 4.42 Å². The number of nitrogens with zero attached hydrogens (tertiary/aromatic N) is 2. The van der Waals surface area contributed by atoms with Crippen LogP contribution in [0.5, 0.6) is 0 Å². The summed E-state index contributed by atoms with van der Waals surface area (Å²) in [6.45, 7) is 4.19. The van der Waals surface area contributed by atoms with Gasteiger partial charge in [0.1, 0.15) is 0 Å². The molecule has 5 saturated carbocycles. The van der Waals surface area contributed by atoms with Gasteiger partial charge in [-0.1, -0.05) is 31.5 Å². The molecule has 1 heterocycles. The van der Waals surface area contributed by atoms with Gasteiger partial charge in [0.15, 0.2) is 0 Å². The first kappa shape index (κ1) is 19.0. The van der Waals surface area contributed by atoms with Gasteiger partial charge in [-0.05, 0) is 82.0 Å². The smallest absolute Gasteiger partial charge is 0.277 e. The molecule has 5 fully saturated rings. The summed E-state index contributed by atoms with van der Waals surface area (Å²) in [6, 6.07) is 0.314. The number of carbonyl (C=O) groups is 1. The summed E-state index contributed by atoms with van der Waals surface area (Å²) in [4.78, 5) is 12.7. The Balaban J connectivity index is 1.22. The lowest BCUT2D eigenvalue weighted by molar-refractivity contribution is -0.121. The normalized spacial score (nSPS) is 40.4. The van der Waals surface area contributed by atoms with Crippen LogP contribution in [0.1, 0.15) is 83.9 Å². The third-order valence-electron chi connectivity index (χ3n) is 7.98. The largest absolute Gasteiger partial charge is 0.415 e. The van der Waals surface area contributed by atoms with E-state index in [1.165, 1.54) is 69.5 Å². The zero-order valence-electron chi connectivity index (χ0n) is 17.2. The molecule has 3 atom stereocenters. The lowest BCUT2D eigenvalue weighted by Gasteiger charge is -2.55. The molecule has 0 aromatic carbocycles. The molecule has 1 N–H and O–H groups in total. The Bertz CT molecular complexity index is 698. The fraction of sp³-hybridized carbons (Fsp3) is 0.864. The molecule has 4 bridgehead atoms.